The molecule has 1 aromatic carbocycles. The highest BCUT2D eigenvalue weighted by Crippen LogP contribution is 2.38. The van der Waals surface area contributed by atoms with Crippen molar-refractivity contribution in [1.29, 1.82) is 0 Å². The largest absolute Gasteiger partial charge is 0.492 e. The first kappa shape index (κ1) is 14.2. The average Bonchev–Trinajstić information content (AvgIpc) is 2.78. The maximum absolute atomic E-state index is 6.27. The van der Waals surface area contributed by atoms with Gasteiger partial charge in [-0.15, -0.1) is 0 Å². The van der Waals surface area contributed by atoms with Gasteiger partial charge in [-0.1, -0.05) is 23.7 Å². The Labute approximate surface area is 138 Å². The monoisotopic (exact) mass is 326 g/mol. The molecule has 0 saturated heterocycles. The lowest BCUT2D eigenvalue weighted by Gasteiger charge is -2.19. The average molecular weight is 327 g/mol. The lowest BCUT2D eigenvalue weighted by molar-refractivity contribution is 0.316. The molecular weight excluding hydrogens is 312 g/mol. The molecule has 2 aromatic heterocycles. The van der Waals surface area contributed by atoms with Gasteiger partial charge in [-0.2, -0.15) is 0 Å². The topological polar surface area (TPSA) is 59.9 Å². The van der Waals surface area contributed by atoms with Gasteiger partial charge >= 0.3 is 0 Å². The smallest absolute Gasteiger partial charge is 0.180 e. The van der Waals surface area contributed by atoms with Gasteiger partial charge in [0.2, 0.25) is 0 Å². The van der Waals surface area contributed by atoms with E-state index in [2.05, 4.69) is 20.3 Å². The van der Waals surface area contributed by atoms with Crippen molar-refractivity contribution in [2.24, 2.45) is 0 Å². The van der Waals surface area contributed by atoms with Crippen molar-refractivity contribution in [1.82, 2.24) is 15.0 Å². The van der Waals surface area contributed by atoms with Crippen LogP contribution in [0.3, 0.4) is 0 Å². The summed E-state index contributed by atoms with van der Waals surface area (Å²) in [6, 6.07) is 9.80. The minimum Gasteiger partial charge on any atom is -0.492 e. The number of para-hydroxylation sites is 1. The van der Waals surface area contributed by atoms with Crippen molar-refractivity contribution in [3.05, 3.63) is 53.3 Å². The SMILES string of the molecule is Clc1cccc2c1OCCCC2Nc1ccc2nccnc2n1. The first-order valence-electron chi connectivity index (χ1n) is 7.57. The fraction of sp³-hybridized carbons (Fsp3) is 0.235. The van der Waals surface area contributed by atoms with E-state index in [9.17, 15) is 0 Å². The molecule has 23 heavy (non-hydrogen) atoms. The number of rotatable bonds is 2. The lowest BCUT2D eigenvalue weighted by atomic mass is 10.0. The van der Waals surface area contributed by atoms with E-state index in [1.54, 1.807) is 12.4 Å². The summed E-state index contributed by atoms with van der Waals surface area (Å²) in [7, 11) is 0. The second kappa shape index (κ2) is 6.01. The van der Waals surface area contributed by atoms with Crippen molar-refractivity contribution in [2.75, 3.05) is 11.9 Å². The summed E-state index contributed by atoms with van der Waals surface area (Å²) in [5.74, 6) is 1.54. The van der Waals surface area contributed by atoms with Crippen LogP contribution < -0.4 is 10.1 Å². The van der Waals surface area contributed by atoms with Gasteiger partial charge in [0.15, 0.2) is 5.65 Å². The number of nitrogens with one attached hydrogen (secondary N) is 1. The summed E-state index contributed by atoms with van der Waals surface area (Å²) in [6.45, 7) is 0.672. The maximum atomic E-state index is 6.27. The highest BCUT2D eigenvalue weighted by atomic mass is 35.5. The van der Waals surface area contributed by atoms with Crippen LogP contribution in [0, 0.1) is 0 Å². The highest BCUT2D eigenvalue weighted by Gasteiger charge is 2.22. The van der Waals surface area contributed by atoms with Gasteiger partial charge in [-0.25, -0.2) is 9.97 Å². The second-order valence-corrected chi connectivity index (χ2v) is 5.85. The zero-order valence-electron chi connectivity index (χ0n) is 12.4. The predicted octanol–water partition coefficient (Wildman–Crippen LogP) is 4.00. The Hall–Kier alpha value is -2.40. The molecule has 1 unspecified atom stereocenters. The van der Waals surface area contributed by atoms with Crippen molar-refractivity contribution in [3.8, 4) is 5.75 Å². The number of nitrogens with zero attached hydrogens (tertiary/aromatic N) is 3. The summed E-state index contributed by atoms with van der Waals surface area (Å²) in [5, 5.41) is 4.13. The fourth-order valence-electron chi connectivity index (χ4n) is 2.83. The predicted molar refractivity (Wildman–Crippen MR) is 89.9 cm³/mol. The Kier molecular flexibility index (Phi) is 3.71. The Balaban J connectivity index is 1.69. The van der Waals surface area contributed by atoms with E-state index >= 15 is 0 Å². The molecule has 116 valence electrons. The normalized spacial score (nSPS) is 17.2. The number of benzene rings is 1. The van der Waals surface area contributed by atoms with Crippen LogP contribution in [0.2, 0.25) is 5.02 Å². The van der Waals surface area contributed by atoms with Gasteiger partial charge in [0.25, 0.3) is 0 Å². The molecule has 3 aromatic rings. The molecular formula is C17H15ClN4O. The number of halogens is 1. The molecule has 1 N–H and O–H groups in total. The van der Waals surface area contributed by atoms with Crippen LogP contribution in [0.25, 0.3) is 11.2 Å². The van der Waals surface area contributed by atoms with E-state index in [-0.39, 0.29) is 6.04 Å². The second-order valence-electron chi connectivity index (χ2n) is 5.44. The molecule has 0 bridgehead atoms. The number of hydrogen-bond donors (Lipinski definition) is 1. The van der Waals surface area contributed by atoms with Crippen LogP contribution >= 0.6 is 11.6 Å². The molecule has 6 heteroatoms. The highest BCUT2D eigenvalue weighted by molar-refractivity contribution is 6.32. The van der Waals surface area contributed by atoms with E-state index in [1.165, 1.54) is 0 Å². The number of anilines is 1. The third kappa shape index (κ3) is 2.80. The van der Waals surface area contributed by atoms with Gasteiger partial charge in [-0.3, -0.25) is 4.98 Å². The van der Waals surface area contributed by atoms with Gasteiger partial charge in [0.05, 0.1) is 17.7 Å². The van der Waals surface area contributed by atoms with E-state index in [0.717, 1.165) is 35.5 Å². The summed E-state index contributed by atoms with van der Waals surface area (Å²) < 4.78 is 5.80. The van der Waals surface area contributed by atoms with E-state index in [4.69, 9.17) is 16.3 Å². The number of pyridine rings is 1. The van der Waals surface area contributed by atoms with Crippen LogP contribution in [0.5, 0.6) is 5.75 Å². The maximum Gasteiger partial charge on any atom is 0.180 e. The molecule has 1 atom stereocenters. The number of aromatic nitrogens is 3. The minimum atomic E-state index is 0.104. The third-order valence-electron chi connectivity index (χ3n) is 3.91. The molecule has 0 fully saturated rings. The first-order chi connectivity index (χ1) is 11.3. The Morgan fingerprint density at radius 1 is 1.13 bits per heavy atom. The minimum absolute atomic E-state index is 0.104. The molecule has 0 aliphatic carbocycles. The van der Waals surface area contributed by atoms with Crippen LogP contribution in [-0.4, -0.2) is 21.6 Å². The number of hydrogen-bond acceptors (Lipinski definition) is 5. The Morgan fingerprint density at radius 3 is 3.00 bits per heavy atom. The van der Waals surface area contributed by atoms with Gasteiger partial charge < -0.3 is 10.1 Å². The van der Waals surface area contributed by atoms with Crippen LogP contribution in [-0.2, 0) is 0 Å². The Morgan fingerprint density at radius 2 is 2.04 bits per heavy atom. The van der Waals surface area contributed by atoms with Crippen molar-refractivity contribution in [3.63, 3.8) is 0 Å². The van der Waals surface area contributed by atoms with Crippen LogP contribution in [0.1, 0.15) is 24.4 Å². The van der Waals surface area contributed by atoms with Crippen molar-refractivity contribution in [2.45, 2.75) is 18.9 Å². The fourth-order valence-corrected chi connectivity index (χ4v) is 3.07. The molecule has 1 aliphatic rings. The zero-order chi connectivity index (χ0) is 15.6. The molecule has 0 radical (unpaired) electrons. The molecule has 4 rings (SSSR count). The number of fused-ring (bicyclic) bond motifs is 2. The lowest BCUT2D eigenvalue weighted by Crippen LogP contribution is -2.11. The summed E-state index contributed by atoms with van der Waals surface area (Å²) >= 11 is 6.27. The molecule has 5 nitrogen and oxygen atoms in total. The van der Waals surface area contributed by atoms with Crippen LogP contribution in [0.15, 0.2) is 42.7 Å². The molecule has 1 aliphatic heterocycles. The summed E-state index contributed by atoms with van der Waals surface area (Å²) in [4.78, 5) is 13.0. The van der Waals surface area contributed by atoms with E-state index < -0.39 is 0 Å². The van der Waals surface area contributed by atoms with Gasteiger partial charge in [0.1, 0.15) is 17.1 Å². The standard InChI is InChI=1S/C17H15ClN4O/c18-12-4-1-3-11-13(5-2-10-23-16(11)12)21-15-7-6-14-17(22-15)20-9-8-19-14/h1,3-4,6-9,13H,2,5,10H2,(H,20,21,22). The molecule has 0 amide bonds. The van der Waals surface area contributed by atoms with Gasteiger partial charge in [-0.05, 0) is 31.0 Å². The number of ether oxygens (including phenoxy) is 1. The van der Waals surface area contributed by atoms with Crippen molar-refractivity contribution < 1.29 is 4.74 Å². The first-order valence-corrected chi connectivity index (χ1v) is 7.94. The zero-order valence-corrected chi connectivity index (χ0v) is 13.1. The quantitative estimate of drug-likeness (QED) is 0.771. The third-order valence-corrected chi connectivity index (χ3v) is 4.21. The van der Waals surface area contributed by atoms with E-state index in [0.29, 0.717) is 17.3 Å². The van der Waals surface area contributed by atoms with E-state index in [1.807, 2.05) is 30.3 Å². The molecule has 0 saturated carbocycles. The summed E-state index contributed by atoms with van der Waals surface area (Å²) in [6.07, 6.45) is 5.22. The molecule has 3 heterocycles. The molecule has 0 spiro atoms. The van der Waals surface area contributed by atoms with Gasteiger partial charge in [0, 0.05) is 18.0 Å². The summed E-state index contributed by atoms with van der Waals surface area (Å²) in [5.41, 5.74) is 2.48. The van der Waals surface area contributed by atoms with Crippen LogP contribution in [0.4, 0.5) is 5.82 Å². The van der Waals surface area contributed by atoms with Crippen molar-refractivity contribution >= 4 is 28.6 Å². The Bertz CT molecular complexity index is 855.